The fraction of sp³-hybridized carbons (Fsp3) is 0.353. The highest BCUT2D eigenvalue weighted by Gasteiger charge is 2.21. The second-order valence-electron chi connectivity index (χ2n) is 5.16. The molecular weight excluding hydrogens is 284 g/mol. The Bertz CT molecular complexity index is 768. The molecule has 0 amide bonds. The molecule has 0 aliphatic carbocycles. The monoisotopic (exact) mass is 305 g/mol. The van der Waals surface area contributed by atoms with Crippen LogP contribution >= 0.6 is 0 Å². The van der Waals surface area contributed by atoms with Crippen molar-refractivity contribution in [1.82, 2.24) is 0 Å². The number of carboxylic acids is 1. The van der Waals surface area contributed by atoms with Gasteiger partial charge in [-0.25, -0.2) is 4.79 Å². The Kier molecular flexibility index (Phi) is 4.04. The smallest absolute Gasteiger partial charge is 0.335 e. The van der Waals surface area contributed by atoms with E-state index in [0.29, 0.717) is 22.3 Å². The Labute approximate surface area is 130 Å². The van der Waals surface area contributed by atoms with Crippen LogP contribution in [0.1, 0.15) is 37.1 Å². The van der Waals surface area contributed by atoms with Crippen molar-refractivity contribution in [2.24, 2.45) is 0 Å². The first kappa shape index (κ1) is 14.5. The van der Waals surface area contributed by atoms with Crippen molar-refractivity contribution in [1.29, 1.82) is 0 Å². The summed E-state index contributed by atoms with van der Waals surface area (Å²) in [5, 5.41) is 10.7. The Hall–Kier alpha value is -2.43. The summed E-state index contributed by atoms with van der Waals surface area (Å²) in [5.41, 5.74) is 0.714. The average molecular weight is 305 g/mol. The minimum atomic E-state index is -1.17. The number of carbonyl (C=O) groups is 1. The number of rotatable bonds is 5. The van der Waals surface area contributed by atoms with Crippen molar-refractivity contribution in [3.05, 3.63) is 29.3 Å². The van der Waals surface area contributed by atoms with Gasteiger partial charge in [-0.3, -0.25) is 0 Å². The lowest BCUT2D eigenvalue weighted by molar-refractivity contribution is 0.0696. The molecule has 0 aliphatic heterocycles. The van der Waals surface area contributed by atoms with Crippen LogP contribution in [-0.2, 0) is 0 Å². The fourth-order valence-corrected chi connectivity index (χ4v) is 2.60. The number of hydrogen-bond donors (Lipinski definition) is 1. The van der Waals surface area contributed by atoms with E-state index in [4.69, 9.17) is 15.6 Å². The zero-order valence-corrected chi connectivity index (χ0v) is 13.3. The number of ether oxygens (including phenoxy) is 3. The highest BCUT2D eigenvalue weighted by Crippen LogP contribution is 2.44. The molecule has 0 bridgehead atoms. The maximum Gasteiger partial charge on any atom is 0.335 e. The van der Waals surface area contributed by atoms with E-state index in [0.717, 1.165) is 5.56 Å². The molecule has 0 saturated heterocycles. The normalized spacial score (nSPS) is 11.5. The first-order chi connectivity index (χ1) is 10.9. The molecule has 0 fully saturated rings. The first-order valence-electron chi connectivity index (χ1n) is 7.36. The lowest BCUT2D eigenvalue weighted by Gasteiger charge is -2.20. The number of hydrogen-bond acceptors (Lipinski definition) is 4. The Morgan fingerprint density at radius 1 is 1.09 bits per heavy atom. The summed E-state index contributed by atoms with van der Waals surface area (Å²) in [5.74, 6) is 0.184. The molecule has 118 valence electrons. The lowest BCUT2D eigenvalue weighted by atomic mass is 9.92. The highest BCUT2D eigenvalue weighted by atomic mass is 16.5. The van der Waals surface area contributed by atoms with E-state index >= 15 is 0 Å². The molecule has 0 saturated carbocycles. The van der Waals surface area contributed by atoms with Crippen LogP contribution in [-0.4, -0.2) is 32.4 Å². The molecule has 0 heterocycles. The molecule has 0 aromatic heterocycles. The van der Waals surface area contributed by atoms with Gasteiger partial charge in [-0.2, -0.15) is 0 Å². The Morgan fingerprint density at radius 2 is 1.73 bits per heavy atom. The van der Waals surface area contributed by atoms with Gasteiger partial charge in [0.15, 0.2) is 11.5 Å². The van der Waals surface area contributed by atoms with Gasteiger partial charge in [0, 0.05) is 10.9 Å². The zero-order valence-electron chi connectivity index (χ0n) is 14.3. The summed E-state index contributed by atoms with van der Waals surface area (Å²) in [7, 11) is 4.50. The second kappa shape index (κ2) is 6.13. The molecule has 5 heteroatoms. The van der Waals surface area contributed by atoms with E-state index in [-0.39, 0.29) is 23.3 Å². The van der Waals surface area contributed by atoms with Crippen molar-refractivity contribution in [3.8, 4) is 17.2 Å². The van der Waals surface area contributed by atoms with Crippen molar-refractivity contribution in [2.45, 2.75) is 19.8 Å². The molecule has 0 atom stereocenters. The van der Waals surface area contributed by atoms with Gasteiger partial charge in [-0.05, 0) is 29.5 Å². The minimum Gasteiger partial charge on any atom is -0.496 e. The summed E-state index contributed by atoms with van der Waals surface area (Å²) < 4.78 is 24.3. The molecule has 0 aliphatic rings. The summed E-state index contributed by atoms with van der Waals surface area (Å²) in [6.45, 7) is 3.97. The molecule has 0 spiro atoms. The number of methoxy groups -OCH3 is 3. The third kappa shape index (κ3) is 2.54. The number of fused-ring (bicyclic) bond motifs is 1. The highest BCUT2D eigenvalue weighted by molar-refractivity contribution is 6.01. The van der Waals surface area contributed by atoms with Gasteiger partial charge < -0.3 is 19.3 Å². The molecule has 2 aromatic rings. The van der Waals surface area contributed by atoms with E-state index in [1.54, 1.807) is 13.2 Å². The van der Waals surface area contributed by atoms with Crippen molar-refractivity contribution in [3.63, 3.8) is 0 Å². The minimum absolute atomic E-state index is 0.0606. The van der Waals surface area contributed by atoms with Crippen LogP contribution in [0.2, 0.25) is 0 Å². The molecule has 0 unspecified atom stereocenters. The van der Waals surface area contributed by atoms with E-state index in [9.17, 15) is 9.90 Å². The van der Waals surface area contributed by atoms with Crippen LogP contribution in [0.15, 0.2) is 18.2 Å². The molecule has 0 radical (unpaired) electrons. The molecular formula is C17H20O5. The second-order valence-corrected chi connectivity index (χ2v) is 5.16. The fourth-order valence-electron chi connectivity index (χ4n) is 2.60. The third-order valence-electron chi connectivity index (χ3n) is 3.54. The third-order valence-corrected chi connectivity index (χ3v) is 3.54. The van der Waals surface area contributed by atoms with Crippen molar-refractivity contribution < 1.29 is 25.5 Å². The standard InChI is InChI=1S/C17H20O5/c1-9(2)15-12-6-10(17(18)19)7-13(20-3)11(12)8-14(21-4)16(15)22-5/h6-9H,1-5H3,(H,18,19)/i7D. The topological polar surface area (TPSA) is 65.0 Å². The van der Waals surface area contributed by atoms with E-state index in [1.165, 1.54) is 20.3 Å². The van der Waals surface area contributed by atoms with Gasteiger partial charge in [0.2, 0.25) is 0 Å². The quantitative estimate of drug-likeness (QED) is 0.912. The largest absolute Gasteiger partial charge is 0.496 e. The van der Waals surface area contributed by atoms with Gasteiger partial charge in [0.25, 0.3) is 0 Å². The maximum atomic E-state index is 11.5. The summed E-state index contributed by atoms with van der Waals surface area (Å²) in [4.78, 5) is 11.5. The number of carboxylic acid groups (broad SMARTS) is 1. The van der Waals surface area contributed by atoms with Crippen molar-refractivity contribution in [2.75, 3.05) is 21.3 Å². The van der Waals surface area contributed by atoms with E-state index < -0.39 is 5.97 Å². The zero-order chi connectivity index (χ0) is 17.3. The maximum absolute atomic E-state index is 11.5. The molecule has 22 heavy (non-hydrogen) atoms. The molecule has 2 aromatic carbocycles. The van der Waals surface area contributed by atoms with Crippen LogP contribution in [0.25, 0.3) is 10.8 Å². The molecule has 2 rings (SSSR count). The van der Waals surface area contributed by atoms with Gasteiger partial charge in [-0.15, -0.1) is 0 Å². The summed E-state index contributed by atoms with van der Waals surface area (Å²) in [6.07, 6.45) is 0. The van der Waals surface area contributed by atoms with Crippen LogP contribution in [0, 0.1) is 0 Å². The average Bonchev–Trinajstić information content (AvgIpc) is 2.51. The van der Waals surface area contributed by atoms with Gasteiger partial charge in [0.1, 0.15) is 5.75 Å². The SMILES string of the molecule is [2H]c1c(C(=O)O)cc2c(C(C)C)c(OC)c(OC)cc2c1OC. The van der Waals surface area contributed by atoms with Gasteiger partial charge in [0.05, 0.1) is 28.3 Å². The summed E-state index contributed by atoms with van der Waals surface area (Å²) in [6, 6.07) is 3.05. The van der Waals surface area contributed by atoms with Crippen LogP contribution < -0.4 is 14.2 Å². The van der Waals surface area contributed by atoms with Crippen LogP contribution in [0.3, 0.4) is 0 Å². The van der Waals surface area contributed by atoms with Gasteiger partial charge >= 0.3 is 5.97 Å². The van der Waals surface area contributed by atoms with E-state index in [2.05, 4.69) is 0 Å². The van der Waals surface area contributed by atoms with E-state index in [1.807, 2.05) is 13.8 Å². The van der Waals surface area contributed by atoms with Crippen LogP contribution in [0.5, 0.6) is 17.2 Å². The Morgan fingerprint density at radius 3 is 2.18 bits per heavy atom. The molecule has 5 nitrogen and oxygen atoms in total. The van der Waals surface area contributed by atoms with Crippen molar-refractivity contribution >= 4 is 16.7 Å². The number of aromatic carboxylic acids is 1. The Balaban J connectivity index is 3.07. The number of benzene rings is 2. The lowest BCUT2D eigenvalue weighted by Crippen LogP contribution is -2.03. The summed E-state index contributed by atoms with van der Waals surface area (Å²) >= 11 is 0. The first-order valence-corrected chi connectivity index (χ1v) is 6.86. The predicted octanol–water partition coefficient (Wildman–Crippen LogP) is 3.69. The molecule has 1 N–H and O–H groups in total. The van der Waals surface area contributed by atoms with Gasteiger partial charge in [-0.1, -0.05) is 13.8 Å². The predicted molar refractivity (Wildman–Crippen MR) is 84.7 cm³/mol. The van der Waals surface area contributed by atoms with Crippen LogP contribution in [0.4, 0.5) is 0 Å².